The Morgan fingerprint density at radius 3 is 2.17 bits per heavy atom. The van der Waals surface area contributed by atoms with E-state index >= 15 is 0 Å². The number of amides is 1. The van der Waals surface area contributed by atoms with Crippen LogP contribution < -0.4 is 15.2 Å². The van der Waals surface area contributed by atoms with E-state index in [4.69, 9.17) is 14.6 Å². The average Bonchev–Trinajstić information content (AvgIpc) is 2.66. The summed E-state index contributed by atoms with van der Waals surface area (Å²) >= 11 is 0. The summed E-state index contributed by atoms with van der Waals surface area (Å²) in [5.41, 5.74) is 1.54. The second-order valence-electron chi connectivity index (χ2n) is 6.72. The standard InChI is InChI=1S/C20H24N2O6S/c1-12(2)14-5-7-15(8-6-14)22-19(23)13(3)28-20(24)17-11-16(29(21,25)26)9-10-18(17)27-4/h5-13H,1-4H3,(H,22,23)(H2,21,25,26)/t13-/m1/s1. The van der Waals surface area contributed by atoms with Gasteiger partial charge in [0.05, 0.1) is 12.0 Å². The lowest BCUT2D eigenvalue weighted by Gasteiger charge is -2.15. The minimum absolute atomic E-state index is 0.0966. The third-order valence-electron chi connectivity index (χ3n) is 4.22. The van der Waals surface area contributed by atoms with Crippen LogP contribution in [0.25, 0.3) is 0 Å². The van der Waals surface area contributed by atoms with E-state index in [0.717, 1.165) is 11.6 Å². The zero-order chi connectivity index (χ0) is 21.8. The normalized spacial score (nSPS) is 12.3. The van der Waals surface area contributed by atoms with Crippen molar-refractivity contribution in [3.05, 3.63) is 53.6 Å². The lowest BCUT2D eigenvalue weighted by molar-refractivity contribution is -0.123. The van der Waals surface area contributed by atoms with Crippen molar-refractivity contribution in [2.45, 2.75) is 37.7 Å². The van der Waals surface area contributed by atoms with Crippen molar-refractivity contribution in [3.8, 4) is 5.75 Å². The molecule has 2 aromatic carbocycles. The molecule has 3 N–H and O–H groups in total. The molecule has 0 spiro atoms. The van der Waals surface area contributed by atoms with Gasteiger partial charge in [0.25, 0.3) is 5.91 Å². The molecule has 1 atom stereocenters. The third kappa shape index (κ3) is 5.78. The number of benzene rings is 2. The number of ether oxygens (including phenoxy) is 2. The molecule has 0 saturated carbocycles. The molecular weight excluding hydrogens is 396 g/mol. The lowest BCUT2D eigenvalue weighted by atomic mass is 10.0. The van der Waals surface area contributed by atoms with Crippen LogP contribution in [0.4, 0.5) is 5.69 Å². The summed E-state index contributed by atoms with van der Waals surface area (Å²) < 4.78 is 33.3. The van der Waals surface area contributed by atoms with Crippen LogP contribution in [-0.2, 0) is 19.6 Å². The molecular formula is C20H24N2O6S. The van der Waals surface area contributed by atoms with Crippen LogP contribution in [0.1, 0.15) is 42.6 Å². The van der Waals surface area contributed by atoms with E-state index in [1.165, 1.54) is 26.2 Å². The molecule has 0 aromatic heterocycles. The SMILES string of the molecule is COc1ccc(S(N)(=O)=O)cc1C(=O)O[C@H](C)C(=O)Nc1ccc(C(C)C)cc1. The Hall–Kier alpha value is -2.91. The van der Waals surface area contributed by atoms with Gasteiger partial charge in [0.2, 0.25) is 10.0 Å². The average molecular weight is 420 g/mol. The van der Waals surface area contributed by atoms with Gasteiger partial charge in [-0.05, 0) is 48.7 Å². The summed E-state index contributed by atoms with van der Waals surface area (Å²) in [7, 11) is -2.70. The zero-order valence-corrected chi connectivity index (χ0v) is 17.4. The number of nitrogens with one attached hydrogen (secondary N) is 1. The number of rotatable bonds is 7. The Kier molecular flexibility index (Phi) is 6.99. The van der Waals surface area contributed by atoms with Crippen molar-refractivity contribution in [1.29, 1.82) is 0 Å². The molecule has 2 rings (SSSR count). The number of esters is 1. The van der Waals surface area contributed by atoms with Gasteiger partial charge in [0.15, 0.2) is 6.10 Å². The van der Waals surface area contributed by atoms with Crippen LogP contribution >= 0.6 is 0 Å². The van der Waals surface area contributed by atoms with Gasteiger partial charge in [0, 0.05) is 5.69 Å². The highest BCUT2D eigenvalue weighted by Gasteiger charge is 2.23. The number of carbonyl (C=O) groups is 2. The number of carbonyl (C=O) groups excluding carboxylic acids is 2. The predicted molar refractivity (Wildman–Crippen MR) is 108 cm³/mol. The number of nitrogens with two attached hydrogens (primary N) is 1. The topological polar surface area (TPSA) is 125 Å². The Morgan fingerprint density at radius 2 is 1.66 bits per heavy atom. The quantitative estimate of drug-likeness (QED) is 0.664. The number of sulfonamides is 1. The van der Waals surface area contributed by atoms with E-state index in [9.17, 15) is 18.0 Å². The predicted octanol–water partition coefficient (Wildman–Crippen LogP) is 2.65. The molecule has 0 bridgehead atoms. The summed E-state index contributed by atoms with van der Waals surface area (Å²) in [5.74, 6) is -0.982. The molecule has 156 valence electrons. The lowest BCUT2D eigenvalue weighted by Crippen LogP contribution is -2.30. The second kappa shape index (κ2) is 9.06. The number of anilines is 1. The monoisotopic (exact) mass is 420 g/mol. The summed E-state index contributed by atoms with van der Waals surface area (Å²) in [6, 6.07) is 10.9. The third-order valence-corrected chi connectivity index (χ3v) is 5.13. The van der Waals surface area contributed by atoms with E-state index in [0.29, 0.717) is 11.6 Å². The number of primary sulfonamides is 1. The van der Waals surface area contributed by atoms with Crippen molar-refractivity contribution in [1.82, 2.24) is 0 Å². The fourth-order valence-corrected chi connectivity index (χ4v) is 3.04. The van der Waals surface area contributed by atoms with E-state index in [-0.39, 0.29) is 16.2 Å². The van der Waals surface area contributed by atoms with Gasteiger partial charge < -0.3 is 14.8 Å². The highest BCUT2D eigenvalue weighted by Crippen LogP contribution is 2.23. The van der Waals surface area contributed by atoms with Crippen molar-refractivity contribution in [2.75, 3.05) is 12.4 Å². The van der Waals surface area contributed by atoms with E-state index < -0.39 is 28.0 Å². The molecule has 0 radical (unpaired) electrons. The fraction of sp³-hybridized carbons (Fsp3) is 0.300. The number of hydrogen-bond donors (Lipinski definition) is 2. The first-order chi connectivity index (χ1) is 13.5. The van der Waals surface area contributed by atoms with E-state index in [1.807, 2.05) is 12.1 Å². The maximum Gasteiger partial charge on any atom is 0.342 e. The van der Waals surface area contributed by atoms with Crippen LogP contribution in [-0.4, -0.2) is 33.5 Å². The highest BCUT2D eigenvalue weighted by atomic mass is 32.2. The maximum absolute atomic E-state index is 12.5. The molecule has 9 heteroatoms. The molecule has 0 unspecified atom stereocenters. The first kappa shape index (κ1) is 22.4. The smallest absolute Gasteiger partial charge is 0.342 e. The van der Waals surface area contributed by atoms with Crippen molar-refractivity contribution in [2.24, 2.45) is 5.14 Å². The summed E-state index contributed by atoms with van der Waals surface area (Å²) in [4.78, 5) is 24.5. The van der Waals surface area contributed by atoms with Gasteiger partial charge in [-0.3, -0.25) is 4.79 Å². The molecule has 0 fully saturated rings. The molecule has 0 saturated heterocycles. The van der Waals surface area contributed by atoms with Crippen LogP contribution in [0.15, 0.2) is 47.4 Å². The van der Waals surface area contributed by atoms with Gasteiger partial charge >= 0.3 is 5.97 Å². The van der Waals surface area contributed by atoms with Crippen molar-refractivity contribution in [3.63, 3.8) is 0 Å². The Morgan fingerprint density at radius 1 is 1.03 bits per heavy atom. The Bertz CT molecular complexity index is 1000. The minimum atomic E-state index is -4.02. The van der Waals surface area contributed by atoms with Gasteiger partial charge in [-0.2, -0.15) is 0 Å². The van der Waals surface area contributed by atoms with Gasteiger partial charge in [-0.1, -0.05) is 26.0 Å². The molecule has 0 aliphatic carbocycles. The maximum atomic E-state index is 12.5. The van der Waals surface area contributed by atoms with E-state index in [2.05, 4.69) is 19.2 Å². The van der Waals surface area contributed by atoms with Gasteiger partial charge in [0.1, 0.15) is 11.3 Å². The zero-order valence-electron chi connectivity index (χ0n) is 16.6. The molecule has 2 aromatic rings. The Labute approximate surface area is 170 Å². The summed E-state index contributed by atoms with van der Waals surface area (Å²) in [6.45, 7) is 5.54. The highest BCUT2D eigenvalue weighted by molar-refractivity contribution is 7.89. The van der Waals surface area contributed by atoms with Crippen molar-refractivity contribution < 1.29 is 27.5 Å². The minimum Gasteiger partial charge on any atom is -0.496 e. The van der Waals surface area contributed by atoms with Gasteiger partial charge in [-0.15, -0.1) is 0 Å². The summed E-state index contributed by atoms with van der Waals surface area (Å²) in [6.07, 6.45) is -1.13. The fourth-order valence-electron chi connectivity index (χ4n) is 2.50. The largest absolute Gasteiger partial charge is 0.496 e. The molecule has 1 amide bonds. The molecule has 29 heavy (non-hydrogen) atoms. The Balaban J connectivity index is 2.12. The number of hydrogen-bond acceptors (Lipinski definition) is 6. The van der Waals surface area contributed by atoms with E-state index in [1.54, 1.807) is 12.1 Å². The first-order valence-corrected chi connectivity index (χ1v) is 10.4. The molecule has 0 aliphatic heterocycles. The van der Waals surface area contributed by atoms with Crippen LogP contribution in [0, 0.1) is 0 Å². The van der Waals surface area contributed by atoms with Crippen LogP contribution in [0.2, 0.25) is 0 Å². The first-order valence-electron chi connectivity index (χ1n) is 8.85. The van der Waals surface area contributed by atoms with Crippen LogP contribution in [0.5, 0.6) is 5.75 Å². The second-order valence-corrected chi connectivity index (χ2v) is 8.28. The van der Waals surface area contributed by atoms with Crippen molar-refractivity contribution >= 4 is 27.6 Å². The molecule has 8 nitrogen and oxygen atoms in total. The number of methoxy groups -OCH3 is 1. The molecule has 0 aliphatic rings. The van der Waals surface area contributed by atoms with Crippen LogP contribution in [0.3, 0.4) is 0 Å². The molecule has 0 heterocycles. The summed E-state index contributed by atoms with van der Waals surface area (Å²) in [5, 5.41) is 7.76. The van der Waals surface area contributed by atoms with Gasteiger partial charge in [-0.25, -0.2) is 18.4 Å².